The number of alkyl halides is 3. The van der Waals surface area contributed by atoms with Crippen LogP contribution in [0.2, 0.25) is 0 Å². The fraction of sp³-hybridized carbons (Fsp3) is 0.833. The lowest BCUT2D eigenvalue weighted by Crippen LogP contribution is -2.30. The van der Waals surface area contributed by atoms with Gasteiger partial charge >= 0.3 is 6.18 Å². The molecule has 1 aliphatic rings. The first kappa shape index (κ1) is 14.3. The predicted octanol–water partition coefficient (Wildman–Crippen LogP) is 3.10. The first-order valence-electron chi connectivity index (χ1n) is 6.37. The molecule has 0 radical (unpaired) electrons. The average molecular weight is 277 g/mol. The van der Waals surface area contributed by atoms with Gasteiger partial charge in [0.15, 0.2) is 5.82 Å². The molecule has 1 aromatic heterocycles. The third-order valence-electron chi connectivity index (χ3n) is 3.50. The summed E-state index contributed by atoms with van der Waals surface area (Å²) in [6.07, 6.45) is -2.76. The fourth-order valence-corrected chi connectivity index (χ4v) is 2.37. The molecule has 1 aliphatic carbocycles. The van der Waals surface area contributed by atoms with Crippen molar-refractivity contribution in [3.8, 4) is 0 Å². The molecule has 0 aliphatic heterocycles. The van der Waals surface area contributed by atoms with E-state index in [1.807, 2.05) is 0 Å². The van der Waals surface area contributed by atoms with E-state index in [-0.39, 0.29) is 24.7 Å². The van der Waals surface area contributed by atoms with Gasteiger partial charge in [0.25, 0.3) is 0 Å². The highest BCUT2D eigenvalue weighted by Gasteiger charge is 2.43. The van der Waals surface area contributed by atoms with Crippen LogP contribution in [0.1, 0.15) is 57.2 Å². The number of rotatable bonds is 2. The van der Waals surface area contributed by atoms with Crippen molar-refractivity contribution in [3.63, 3.8) is 0 Å². The minimum absolute atomic E-state index is 0.0239. The predicted molar refractivity (Wildman–Crippen MR) is 62.3 cm³/mol. The summed E-state index contributed by atoms with van der Waals surface area (Å²) in [6.45, 7) is 3.45. The number of nitrogens with two attached hydrogens (primary N) is 1. The first-order chi connectivity index (χ1) is 8.68. The normalized spacial score (nSPS) is 25.6. The van der Waals surface area contributed by atoms with Crippen LogP contribution in [0, 0.1) is 5.92 Å². The zero-order valence-electron chi connectivity index (χ0n) is 11.0. The number of hydrogen-bond acceptors (Lipinski definition) is 4. The second-order valence-corrected chi connectivity index (χ2v) is 5.78. The average Bonchev–Trinajstić information content (AvgIpc) is 2.77. The third kappa shape index (κ3) is 3.26. The van der Waals surface area contributed by atoms with Gasteiger partial charge in [0.2, 0.25) is 5.89 Å². The molecule has 2 unspecified atom stereocenters. The lowest BCUT2D eigenvalue weighted by Gasteiger charge is -2.28. The maximum Gasteiger partial charge on any atom is 0.391 e. The summed E-state index contributed by atoms with van der Waals surface area (Å²) in [5.74, 6) is -0.976. The number of halogens is 3. The quantitative estimate of drug-likeness (QED) is 0.902. The summed E-state index contributed by atoms with van der Waals surface area (Å²) in [7, 11) is 0. The first-order valence-corrected chi connectivity index (χ1v) is 6.37. The van der Waals surface area contributed by atoms with Gasteiger partial charge in [-0.2, -0.15) is 18.2 Å². The van der Waals surface area contributed by atoms with Crippen molar-refractivity contribution >= 4 is 0 Å². The van der Waals surface area contributed by atoms with E-state index in [9.17, 15) is 13.2 Å². The van der Waals surface area contributed by atoms with Crippen molar-refractivity contribution in [2.45, 2.75) is 57.2 Å². The zero-order valence-corrected chi connectivity index (χ0v) is 11.0. The summed E-state index contributed by atoms with van der Waals surface area (Å²) in [4.78, 5) is 4.15. The fourth-order valence-electron chi connectivity index (χ4n) is 2.37. The van der Waals surface area contributed by atoms with E-state index in [4.69, 9.17) is 10.3 Å². The minimum atomic E-state index is -4.14. The van der Waals surface area contributed by atoms with Crippen molar-refractivity contribution < 1.29 is 17.7 Å². The van der Waals surface area contributed by atoms with Crippen LogP contribution < -0.4 is 5.73 Å². The van der Waals surface area contributed by atoms with Crippen molar-refractivity contribution in [3.05, 3.63) is 11.7 Å². The molecule has 2 N–H and O–H groups in total. The standard InChI is InChI=1S/C12H18F3N3O/c1-11(2,16)10-17-9(19-18-10)7-4-3-5-8(6-7)12(13,14)15/h7-8H,3-6,16H2,1-2H3. The largest absolute Gasteiger partial charge is 0.391 e. The summed E-state index contributed by atoms with van der Waals surface area (Å²) >= 11 is 0. The van der Waals surface area contributed by atoms with Gasteiger partial charge in [0, 0.05) is 5.92 Å². The van der Waals surface area contributed by atoms with Gasteiger partial charge in [-0.3, -0.25) is 0 Å². The molecule has 0 spiro atoms. The van der Waals surface area contributed by atoms with Crippen molar-refractivity contribution in [2.75, 3.05) is 0 Å². The molecule has 1 heterocycles. The van der Waals surface area contributed by atoms with Gasteiger partial charge in [-0.1, -0.05) is 11.6 Å². The van der Waals surface area contributed by atoms with Gasteiger partial charge in [0.05, 0.1) is 11.5 Å². The molecule has 0 aromatic carbocycles. The van der Waals surface area contributed by atoms with Gasteiger partial charge in [-0.15, -0.1) is 0 Å². The van der Waals surface area contributed by atoms with Crippen molar-refractivity contribution in [1.29, 1.82) is 0 Å². The number of hydrogen-bond donors (Lipinski definition) is 1. The van der Waals surface area contributed by atoms with Gasteiger partial charge < -0.3 is 10.3 Å². The Morgan fingerprint density at radius 3 is 2.47 bits per heavy atom. The Morgan fingerprint density at radius 1 is 1.26 bits per heavy atom. The van der Waals surface area contributed by atoms with E-state index in [0.29, 0.717) is 18.7 Å². The minimum Gasteiger partial charge on any atom is -0.339 e. The van der Waals surface area contributed by atoms with E-state index in [1.54, 1.807) is 13.8 Å². The molecule has 7 heteroatoms. The molecular formula is C12H18F3N3O. The molecule has 1 fully saturated rings. The van der Waals surface area contributed by atoms with E-state index in [2.05, 4.69) is 10.1 Å². The Hall–Kier alpha value is -1.11. The number of aromatic nitrogens is 2. The molecule has 4 nitrogen and oxygen atoms in total. The second kappa shape index (κ2) is 4.77. The van der Waals surface area contributed by atoms with Crippen molar-refractivity contribution in [2.24, 2.45) is 11.7 Å². The SMILES string of the molecule is CC(C)(N)c1noc(C2CCCC(C(F)(F)F)C2)n1. The van der Waals surface area contributed by atoms with E-state index in [0.717, 1.165) is 0 Å². The van der Waals surface area contributed by atoms with Crippen LogP contribution in [0.15, 0.2) is 4.52 Å². The van der Waals surface area contributed by atoms with Crippen LogP contribution in [0.25, 0.3) is 0 Å². The van der Waals surface area contributed by atoms with Crippen LogP contribution in [0.5, 0.6) is 0 Å². The van der Waals surface area contributed by atoms with Gasteiger partial charge in [-0.25, -0.2) is 0 Å². The Labute approximate surface area is 109 Å². The lowest BCUT2D eigenvalue weighted by molar-refractivity contribution is -0.183. The molecular weight excluding hydrogens is 259 g/mol. The van der Waals surface area contributed by atoms with Crippen LogP contribution in [-0.2, 0) is 5.54 Å². The highest BCUT2D eigenvalue weighted by Crippen LogP contribution is 2.43. The molecule has 108 valence electrons. The van der Waals surface area contributed by atoms with Crippen LogP contribution in [-0.4, -0.2) is 16.3 Å². The molecule has 0 bridgehead atoms. The van der Waals surface area contributed by atoms with Crippen LogP contribution >= 0.6 is 0 Å². The Bertz CT molecular complexity index is 436. The van der Waals surface area contributed by atoms with E-state index >= 15 is 0 Å². The second-order valence-electron chi connectivity index (χ2n) is 5.78. The van der Waals surface area contributed by atoms with E-state index in [1.165, 1.54) is 0 Å². The maximum absolute atomic E-state index is 12.7. The molecule has 1 aromatic rings. The zero-order chi connectivity index (χ0) is 14.3. The van der Waals surface area contributed by atoms with Gasteiger partial charge in [-0.05, 0) is 33.1 Å². The lowest BCUT2D eigenvalue weighted by atomic mass is 9.81. The summed E-state index contributed by atoms with van der Waals surface area (Å²) < 4.78 is 43.3. The summed E-state index contributed by atoms with van der Waals surface area (Å²) in [6, 6.07) is 0. The summed E-state index contributed by atoms with van der Waals surface area (Å²) in [5.41, 5.74) is 5.08. The highest BCUT2D eigenvalue weighted by molar-refractivity contribution is 5.03. The maximum atomic E-state index is 12.7. The third-order valence-corrected chi connectivity index (χ3v) is 3.50. The van der Waals surface area contributed by atoms with Crippen LogP contribution in [0.3, 0.4) is 0 Å². The van der Waals surface area contributed by atoms with Crippen LogP contribution in [0.4, 0.5) is 13.2 Å². The van der Waals surface area contributed by atoms with Crippen molar-refractivity contribution in [1.82, 2.24) is 10.1 Å². The molecule has 2 atom stereocenters. The smallest absolute Gasteiger partial charge is 0.339 e. The number of nitrogens with zero attached hydrogens (tertiary/aromatic N) is 2. The van der Waals surface area contributed by atoms with E-state index < -0.39 is 17.6 Å². The highest BCUT2D eigenvalue weighted by atomic mass is 19.4. The Kier molecular flexibility index (Phi) is 3.59. The molecule has 19 heavy (non-hydrogen) atoms. The topological polar surface area (TPSA) is 64.9 Å². The molecule has 0 amide bonds. The summed E-state index contributed by atoms with van der Waals surface area (Å²) in [5, 5.41) is 3.76. The van der Waals surface area contributed by atoms with Gasteiger partial charge in [0.1, 0.15) is 0 Å². The molecule has 0 saturated heterocycles. The molecule has 2 rings (SSSR count). The Morgan fingerprint density at radius 2 is 1.95 bits per heavy atom. The molecule has 1 saturated carbocycles. The monoisotopic (exact) mass is 277 g/mol. The Balaban J connectivity index is 2.12.